The summed E-state index contributed by atoms with van der Waals surface area (Å²) in [7, 11) is 0. The quantitative estimate of drug-likeness (QED) is 0.520. The molecule has 220 valence electrons. The molecule has 0 radical (unpaired) electrons. The maximum atomic E-state index is 12.7. The van der Waals surface area contributed by atoms with Crippen molar-refractivity contribution < 1.29 is 60.4 Å². The molecule has 4 rings (SSSR count). The van der Waals surface area contributed by atoms with Crippen LogP contribution < -0.4 is 4.74 Å². The number of pyridine rings is 2. The number of ether oxygens (including phenoxy) is 2. The number of hydrogen-bond acceptors (Lipinski definition) is 7. The maximum Gasteiger partial charge on any atom is 0.490 e. The number of rotatable bonds is 4. The van der Waals surface area contributed by atoms with Crippen molar-refractivity contribution in [3.05, 3.63) is 54.5 Å². The lowest BCUT2D eigenvalue weighted by Crippen LogP contribution is -2.50. The Morgan fingerprint density at radius 3 is 2.05 bits per heavy atom. The third-order valence-electron chi connectivity index (χ3n) is 5.54. The molecule has 1 spiro atoms. The van der Waals surface area contributed by atoms with Gasteiger partial charge in [-0.15, -0.1) is 0 Å². The van der Waals surface area contributed by atoms with E-state index >= 15 is 0 Å². The van der Waals surface area contributed by atoms with Crippen molar-refractivity contribution in [3.63, 3.8) is 0 Å². The van der Waals surface area contributed by atoms with Gasteiger partial charge in [0.15, 0.2) is 0 Å². The highest BCUT2D eigenvalue weighted by Gasteiger charge is 2.45. The molecular weight excluding hydrogens is 556 g/mol. The molecule has 0 unspecified atom stereocenters. The molecule has 10 nitrogen and oxygen atoms in total. The summed E-state index contributed by atoms with van der Waals surface area (Å²) in [6, 6.07) is 11.3. The molecule has 16 heteroatoms. The fraction of sp³-hybridized carbons (Fsp3) is 0.458. The van der Waals surface area contributed by atoms with E-state index in [1.54, 1.807) is 12.4 Å². The van der Waals surface area contributed by atoms with Crippen LogP contribution >= 0.6 is 0 Å². The summed E-state index contributed by atoms with van der Waals surface area (Å²) < 4.78 is 75.6. The minimum Gasteiger partial charge on any atom is -0.475 e. The number of likely N-dealkylation sites (tertiary alicyclic amines) is 1. The molecule has 2 atom stereocenters. The van der Waals surface area contributed by atoms with E-state index in [2.05, 4.69) is 9.97 Å². The normalized spacial score (nSPS) is 20.4. The smallest absolute Gasteiger partial charge is 0.475 e. The lowest BCUT2D eigenvalue weighted by Gasteiger charge is -2.39. The van der Waals surface area contributed by atoms with Crippen LogP contribution in [0.25, 0.3) is 0 Å². The summed E-state index contributed by atoms with van der Waals surface area (Å²) >= 11 is 0. The number of amides is 1. The molecule has 1 amide bonds. The number of carboxylic acid groups (broad SMARTS) is 2. The highest BCUT2D eigenvalue weighted by atomic mass is 19.4. The number of hydrogen-bond donors (Lipinski definition) is 2. The second-order valence-corrected chi connectivity index (χ2v) is 8.63. The first-order chi connectivity index (χ1) is 18.6. The predicted octanol–water partition coefficient (Wildman–Crippen LogP) is 3.51. The van der Waals surface area contributed by atoms with E-state index in [0.717, 1.165) is 31.5 Å². The second-order valence-electron chi connectivity index (χ2n) is 8.63. The van der Waals surface area contributed by atoms with Crippen molar-refractivity contribution in [2.75, 3.05) is 19.7 Å². The van der Waals surface area contributed by atoms with Gasteiger partial charge in [-0.05, 0) is 31.0 Å². The Balaban J connectivity index is 0.000000333. The number of halogens is 6. The second kappa shape index (κ2) is 13.9. The Morgan fingerprint density at radius 2 is 1.55 bits per heavy atom. The molecule has 2 saturated heterocycles. The van der Waals surface area contributed by atoms with Gasteiger partial charge in [-0.25, -0.2) is 14.6 Å². The number of carboxylic acids is 2. The van der Waals surface area contributed by atoms with E-state index in [-0.39, 0.29) is 17.6 Å². The van der Waals surface area contributed by atoms with E-state index in [4.69, 9.17) is 29.3 Å². The summed E-state index contributed by atoms with van der Waals surface area (Å²) in [5, 5.41) is 14.2. The van der Waals surface area contributed by atoms with Gasteiger partial charge in [0.05, 0.1) is 18.6 Å². The highest BCUT2D eigenvalue weighted by molar-refractivity contribution is 5.78. The van der Waals surface area contributed by atoms with E-state index in [9.17, 15) is 31.1 Å². The van der Waals surface area contributed by atoms with Gasteiger partial charge in [0, 0.05) is 43.7 Å². The van der Waals surface area contributed by atoms with Gasteiger partial charge in [-0.2, -0.15) is 26.3 Å². The van der Waals surface area contributed by atoms with Gasteiger partial charge in [-0.3, -0.25) is 9.78 Å². The predicted molar refractivity (Wildman–Crippen MR) is 123 cm³/mol. The van der Waals surface area contributed by atoms with Crippen LogP contribution in [0.15, 0.2) is 48.8 Å². The molecule has 0 saturated carbocycles. The van der Waals surface area contributed by atoms with Crippen LogP contribution in [0.4, 0.5) is 26.3 Å². The molecule has 2 fully saturated rings. The lowest BCUT2D eigenvalue weighted by molar-refractivity contribution is -0.193. The number of nitrogens with zero attached hydrogens (tertiary/aromatic N) is 3. The molecule has 4 heterocycles. The molecular formula is C24H25F6N3O7. The van der Waals surface area contributed by atoms with Crippen molar-refractivity contribution in [2.45, 2.75) is 49.7 Å². The number of aromatic nitrogens is 2. The zero-order valence-corrected chi connectivity index (χ0v) is 20.7. The average Bonchev–Trinajstić information content (AvgIpc) is 3.26. The van der Waals surface area contributed by atoms with E-state index in [0.29, 0.717) is 25.5 Å². The zero-order valence-electron chi connectivity index (χ0n) is 20.7. The van der Waals surface area contributed by atoms with Gasteiger partial charge < -0.3 is 24.6 Å². The third-order valence-corrected chi connectivity index (χ3v) is 5.54. The Morgan fingerprint density at radius 1 is 0.975 bits per heavy atom. The van der Waals surface area contributed by atoms with Crippen LogP contribution in [-0.2, 0) is 25.5 Å². The van der Waals surface area contributed by atoms with Gasteiger partial charge in [0.25, 0.3) is 0 Å². The van der Waals surface area contributed by atoms with Crippen molar-refractivity contribution in [1.29, 1.82) is 0 Å². The number of carbonyl (C=O) groups excluding carboxylic acids is 1. The van der Waals surface area contributed by atoms with Crippen LogP contribution in [0.3, 0.4) is 0 Å². The van der Waals surface area contributed by atoms with Crippen molar-refractivity contribution >= 4 is 17.8 Å². The Bertz CT molecular complexity index is 1100. The molecule has 2 aromatic rings. The fourth-order valence-corrected chi connectivity index (χ4v) is 3.83. The van der Waals surface area contributed by atoms with Crippen molar-refractivity contribution in [3.8, 4) is 5.88 Å². The monoisotopic (exact) mass is 581 g/mol. The first-order valence-electron chi connectivity index (χ1n) is 11.6. The summed E-state index contributed by atoms with van der Waals surface area (Å²) in [6.45, 7) is 1.95. The molecule has 0 bridgehead atoms. The summed E-state index contributed by atoms with van der Waals surface area (Å²) in [5.41, 5.74) is 0.512. The third kappa shape index (κ3) is 10.7. The largest absolute Gasteiger partial charge is 0.490 e. The molecule has 2 N–H and O–H groups in total. The van der Waals surface area contributed by atoms with E-state index in [1.807, 2.05) is 41.3 Å². The summed E-state index contributed by atoms with van der Waals surface area (Å²) in [5.74, 6) is -4.78. The molecule has 2 aliphatic rings. The first kappa shape index (κ1) is 32.3. The molecule has 2 aliphatic heterocycles. The standard InChI is InChI=1S/C20H23N3O3.2C2HF3O2/c24-19(12-16-6-1-3-9-21-16)23-11-5-8-20(15-23)13-17(14-25-20)26-18-7-2-4-10-22-18;2*3-2(4,5)1(6)7/h1-4,6-7,9-10,17H,5,8,11-15H2;2*(H,6,7)/t17-,20-;;/m0../s1. The summed E-state index contributed by atoms with van der Waals surface area (Å²) in [4.78, 5) is 40.9. The topological polar surface area (TPSA) is 139 Å². The van der Waals surface area contributed by atoms with Gasteiger partial charge in [-0.1, -0.05) is 12.1 Å². The van der Waals surface area contributed by atoms with Crippen LogP contribution in [0.2, 0.25) is 0 Å². The summed E-state index contributed by atoms with van der Waals surface area (Å²) in [6.07, 6.45) is -3.70. The number of aliphatic carboxylic acids is 2. The van der Waals surface area contributed by atoms with Crippen LogP contribution in [0.1, 0.15) is 25.0 Å². The molecule has 40 heavy (non-hydrogen) atoms. The molecule has 0 aliphatic carbocycles. The molecule has 2 aromatic heterocycles. The maximum absolute atomic E-state index is 12.7. The van der Waals surface area contributed by atoms with E-state index < -0.39 is 24.3 Å². The Labute approximate surface area is 223 Å². The first-order valence-corrected chi connectivity index (χ1v) is 11.6. The number of alkyl halides is 6. The Hall–Kier alpha value is -3.95. The number of carbonyl (C=O) groups is 3. The zero-order chi connectivity index (χ0) is 30.0. The Kier molecular flexibility index (Phi) is 11.2. The van der Waals surface area contributed by atoms with Crippen LogP contribution in [0, 0.1) is 0 Å². The average molecular weight is 581 g/mol. The SMILES string of the molecule is O=C(Cc1ccccn1)N1CCC[C@]2(C[C@H](Oc3ccccn3)CO2)C1.O=C(O)C(F)(F)F.O=C(O)C(F)(F)F. The van der Waals surface area contributed by atoms with E-state index in [1.165, 1.54) is 0 Å². The molecule has 0 aromatic carbocycles. The van der Waals surface area contributed by atoms with Crippen molar-refractivity contribution in [2.24, 2.45) is 0 Å². The minimum atomic E-state index is -5.08. The lowest BCUT2D eigenvalue weighted by atomic mass is 9.89. The van der Waals surface area contributed by atoms with Gasteiger partial charge >= 0.3 is 24.3 Å². The van der Waals surface area contributed by atoms with Crippen LogP contribution in [-0.4, -0.2) is 86.7 Å². The minimum absolute atomic E-state index is 0.0178. The highest BCUT2D eigenvalue weighted by Crippen LogP contribution is 2.36. The van der Waals surface area contributed by atoms with Crippen molar-refractivity contribution in [1.82, 2.24) is 14.9 Å². The van der Waals surface area contributed by atoms with Crippen LogP contribution in [0.5, 0.6) is 5.88 Å². The van der Waals surface area contributed by atoms with Gasteiger partial charge in [0.1, 0.15) is 6.10 Å². The number of piperidine rings is 1. The fourth-order valence-electron chi connectivity index (χ4n) is 3.83. The van der Waals surface area contributed by atoms with Gasteiger partial charge in [0.2, 0.25) is 11.8 Å².